The van der Waals surface area contributed by atoms with Gasteiger partial charge in [0.2, 0.25) is 0 Å². The summed E-state index contributed by atoms with van der Waals surface area (Å²) in [7, 11) is 1.58. The Balaban J connectivity index is 1.38. The number of benzene rings is 2. The summed E-state index contributed by atoms with van der Waals surface area (Å²) >= 11 is 0. The van der Waals surface area contributed by atoms with Crippen molar-refractivity contribution >= 4 is 23.2 Å². The Morgan fingerprint density at radius 3 is 2.10 bits per heavy atom. The Kier molecular flexibility index (Phi) is 5.70. The summed E-state index contributed by atoms with van der Waals surface area (Å²) < 4.78 is 10.3. The van der Waals surface area contributed by atoms with E-state index in [4.69, 9.17) is 9.26 Å². The Morgan fingerprint density at radius 2 is 1.45 bits per heavy atom. The predicted molar refractivity (Wildman–Crippen MR) is 115 cm³/mol. The summed E-state index contributed by atoms with van der Waals surface area (Å²) in [4.78, 5) is 28.8. The van der Waals surface area contributed by atoms with E-state index in [1.54, 1.807) is 86.2 Å². The Hall–Kier alpha value is -4.46. The minimum absolute atomic E-state index is 0.146. The quantitative estimate of drug-likeness (QED) is 0.489. The second-order valence-electron chi connectivity index (χ2n) is 6.53. The lowest BCUT2D eigenvalue weighted by molar-refractivity contribution is 0.101. The molecule has 0 aliphatic carbocycles. The lowest BCUT2D eigenvalue weighted by Gasteiger charge is -2.07. The molecule has 8 heteroatoms. The average Bonchev–Trinajstić information content (AvgIpc) is 3.31. The summed E-state index contributed by atoms with van der Waals surface area (Å²) in [5.74, 6) is 0.497. The first-order valence-electron chi connectivity index (χ1n) is 9.36. The zero-order valence-electron chi connectivity index (χ0n) is 16.5. The molecule has 2 N–H and O–H groups in total. The van der Waals surface area contributed by atoms with Crippen LogP contribution in [-0.2, 0) is 0 Å². The molecule has 0 saturated heterocycles. The number of rotatable bonds is 6. The van der Waals surface area contributed by atoms with Crippen LogP contribution in [0.2, 0.25) is 0 Å². The van der Waals surface area contributed by atoms with Crippen molar-refractivity contribution in [3.05, 3.63) is 90.4 Å². The molecule has 0 atom stereocenters. The fourth-order valence-corrected chi connectivity index (χ4v) is 2.81. The predicted octanol–water partition coefficient (Wildman–Crippen LogP) is 4.25. The highest BCUT2D eigenvalue weighted by atomic mass is 16.5. The van der Waals surface area contributed by atoms with Gasteiger partial charge in [0.1, 0.15) is 5.75 Å². The Bertz CT molecular complexity index is 1190. The van der Waals surface area contributed by atoms with Gasteiger partial charge in [0.25, 0.3) is 11.8 Å². The van der Waals surface area contributed by atoms with Crippen molar-refractivity contribution in [3.8, 4) is 17.1 Å². The van der Waals surface area contributed by atoms with E-state index in [9.17, 15) is 9.59 Å². The molecule has 2 heterocycles. The van der Waals surface area contributed by atoms with Crippen LogP contribution in [0, 0.1) is 0 Å². The standard InChI is InChI=1S/C23H18N4O4/c1-30-19-8-6-18(7-9-19)25-22(28)16-2-4-17(5-3-16)26-23(29)20-14-21(31-27-20)15-10-12-24-13-11-15/h2-14H,1H3,(H,25,28)(H,26,29). The molecule has 0 bridgehead atoms. The van der Waals surface area contributed by atoms with Gasteiger partial charge in [-0.15, -0.1) is 0 Å². The zero-order valence-corrected chi connectivity index (χ0v) is 16.5. The molecule has 2 aromatic heterocycles. The number of aromatic nitrogens is 2. The number of carbonyl (C=O) groups excluding carboxylic acids is 2. The summed E-state index contributed by atoms with van der Waals surface area (Å²) in [5, 5.41) is 9.35. The van der Waals surface area contributed by atoms with Gasteiger partial charge in [-0.3, -0.25) is 14.6 Å². The van der Waals surface area contributed by atoms with E-state index in [-0.39, 0.29) is 11.6 Å². The van der Waals surface area contributed by atoms with Gasteiger partial charge in [-0.1, -0.05) is 5.16 Å². The van der Waals surface area contributed by atoms with Gasteiger partial charge in [-0.2, -0.15) is 0 Å². The minimum Gasteiger partial charge on any atom is -0.497 e. The van der Waals surface area contributed by atoms with Crippen LogP contribution in [0.1, 0.15) is 20.8 Å². The summed E-state index contributed by atoms with van der Waals surface area (Å²) in [6, 6.07) is 18.6. The topological polar surface area (TPSA) is 106 Å². The molecule has 31 heavy (non-hydrogen) atoms. The molecule has 0 fully saturated rings. The molecule has 0 spiro atoms. The van der Waals surface area contributed by atoms with Crippen LogP contribution in [-0.4, -0.2) is 29.1 Å². The maximum absolute atomic E-state index is 12.4. The van der Waals surface area contributed by atoms with Crippen LogP contribution in [0.4, 0.5) is 11.4 Å². The number of pyridine rings is 1. The Labute approximate surface area is 177 Å². The van der Waals surface area contributed by atoms with Crippen LogP contribution in [0.3, 0.4) is 0 Å². The number of carbonyl (C=O) groups is 2. The van der Waals surface area contributed by atoms with Crippen molar-refractivity contribution in [1.29, 1.82) is 0 Å². The Morgan fingerprint density at radius 1 is 0.839 bits per heavy atom. The summed E-state index contributed by atoms with van der Waals surface area (Å²) in [5.41, 5.74) is 2.55. The molecule has 4 aromatic rings. The van der Waals surface area contributed by atoms with Crippen molar-refractivity contribution in [2.75, 3.05) is 17.7 Å². The number of amides is 2. The van der Waals surface area contributed by atoms with E-state index in [1.807, 2.05) is 0 Å². The van der Waals surface area contributed by atoms with Crippen LogP contribution in [0.15, 0.2) is 83.6 Å². The molecule has 0 saturated carbocycles. The van der Waals surface area contributed by atoms with Gasteiger partial charge in [-0.05, 0) is 60.7 Å². The number of anilines is 2. The lowest BCUT2D eigenvalue weighted by Crippen LogP contribution is -2.14. The average molecular weight is 414 g/mol. The molecule has 2 amide bonds. The molecule has 4 rings (SSSR count). The number of ether oxygens (including phenoxy) is 1. The first-order valence-corrected chi connectivity index (χ1v) is 9.36. The molecule has 0 unspecified atom stereocenters. The highest BCUT2D eigenvalue weighted by Gasteiger charge is 2.14. The van der Waals surface area contributed by atoms with Crippen molar-refractivity contribution in [2.24, 2.45) is 0 Å². The van der Waals surface area contributed by atoms with Crippen molar-refractivity contribution in [1.82, 2.24) is 10.1 Å². The van der Waals surface area contributed by atoms with E-state index >= 15 is 0 Å². The third-order valence-electron chi connectivity index (χ3n) is 4.46. The van der Waals surface area contributed by atoms with E-state index < -0.39 is 5.91 Å². The SMILES string of the molecule is COc1ccc(NC(=O)c2ccc(NC(=O)c3cc(-c4ccncc4)on3)cc2)cc1. The molecular weight excluding hydrogens is 396 g/mol. The maximum atomic E-state index is 12.4. The fourth-order valence-electron chi connectivity index (χ4n) is 2.81. The number of nitrogens with zero attached hydrogens (tertiary/aromatic N) is 2. The van der Waals surface area contributed by atoms with E-state index in [1.165, 1.54) is 0 Å². The van der Waals surface area contributed by atoms with Gasteiger partial charge in [0.15, 0.2) is 11.5 Å². The summed E-state index contributed by atoms with van der Waals surface area (Å²) in [6.45, 7) is 0. The highest BCUT2D eigenvalue weighted by molar-refractivity contribution is 6.06. The van der Waals surface area contributed by atoms with Gasteiger partial charge in [0, 0.05) is 41.0 Å². The van der Waals surface area contributed by atoms with Crippen molar-refractivity contribution < 1.29 is 18.8 Å². The van der Waals surface area contributed by atoms with Crippen LogP contribution < -0.4 is 15.4 Å². The molecule has 154 valence electrons. The van der Waals surface area contributed by atoms with Crippen molar-refractivity contribution in [3.63, 3.8) is 0 Å². The maximum Gasteiger partial charge on any atom is 0.277 e. The first-order chi connectivity index (χ1) is 15.1. The van der Waals surface area contributed by atoms with Crippen LogP contribution in [0.5, 0.6) is 5.75 Å². The molecule has 0 aliphatic rings. The fraction of sp³-hybridized carbons (Fsp3) is 0.0435. The first kappa shape index (κ1) is 19.8. The third-order valence-corrected chi connectivity index (χ3v) is 4.46. The summed E-state index contributed by atoms with van der Waals surface area (Å²) in [6.07, 6.45) is 3.26. The smallest absolute Gasteiger partial charge is 0.277 e. The van der Waals surface area contributed by atoms with E-state index in [0.717, 1.165) is 5.56 Å². The van der Waals surface area contributed by atoms with Gasteiger partial charge in [-0.25, -0.2) is 0 Å². The molecule has 2 aromatic carbocycles. The molecular formula is C23H18N4O4. The lowest BCUT2D eigenvalue weighted by atomic mass is 10.1. The normalized spacial score (nSPS) is 10.4. The molecule has 0 radical (unpaired) electrons. The van der Waals surface area contributed by atoms with Crippen LogP contribution >= 0.6 is 0 Å². The van der Waals surface area contributed by atoms with Gasteiger partial charge >= 0.3 is 0 Å². The number of methoxy groups -OCH3 is 1. The third kappa shape index (κ3) is 4.76. The second kappa shape index (κ2) is 8.91. The van der Waals surface area contributed by atoms with Crippen molar-refractivity contribution in [2.45, 2.75) is 0 Å². The minimum atomic E-state index is -0.417. The number of nitrogens with one attached hydrogen (secondary N) is 2. The highest BCUT2D eigenvalue weighted by Crippen LogP contribution is 2.20. The zero-order chi connectivity index (χ0) is 21.6. The number of hydrogen-bond donors (Lipinski definition) is 2. The second-order valence-corrected chi connectivity index (χ2v) is 6.53. The monoisotopic (exact) mass is 414 g/mol. The molecule has 0 aliphatic heterocycles. The van der Waals surface area contributed by atoms with Gasteiger partial charge in [0.05, 0.1) is 7.11 Å². The van der Waals surface area contributed by atoms with Gasteiger partial charge < -0.3 is 19.9 Å². The van der Waals surface area contributed by atoms with E-state index in [2.05, 4.69) is 20.8 Å². The van der Waals surface area contributed by atoms with E-state index in [0.29, 0.717) is 28.4 Å². The molecule has 8 nitrogen and oxygen atoms in total. The largest absolute Gasteiger partial charge is 0.497 e. The number of hydrogen-bond acceptors (Lipinski definition) is 6. The van der Waals surface area contributed by atoms with Crippen LogP contribution in [0.25, 0.3) is 11.3 Å².